The molecule has 5 heteroatoms. The Kier molecular flexibility index (Phi) is 3.98. The van der Waals surface area contributed by atoms with Crippen LogP contribution in [0.4, 0.5) is 0 Å². The second-order valence-electron chi connectivity index (χ2n) is 10.2. The number of Topliss-reactive ketones (excluding diaryl/α,β-unsaturated/α-hetero) is 1. The van der Waals surface area contributed by atoms with E-state index in [2.05, 4.69) is 26.0 Å². The highest BCUT2D eigenvalue weighted by Crippen LogP contribution is 2.68. The molecule has 1 aliphatic heterocycles. The van der Waals surface area contributed by atoms with Gasteiger partial charge in [-0.3, -0.25) is 14.4 Å². The molecule has 29 heavy (non-hydrogen) atoms. The molecular weight excluding hydrogens is 368 g/mol. The van der Waals surface area contributed by atoms with Crippen LogP contribution in [-0.4, -0.2) is 30.4 Å². The van der Waals surface area contributed by atoms with Gasteiger partial charge in [0.15, 0.2) is 0 Å². The van der Waals surface area contributed by atoms with E-state index in [1.807, 2.05) is 0 Å². The van der Waals surface area contributed by atoms with Gasteiger partial charge < -0.3 is 9.47 Å². The number of hydrogen-bond donors (Lipinski definition) is 0. The fourth-order valence-electron chi connectivity index (χ4n) is 7.45. The third-order valence-electron chi connectivity index (χ3n) is 9.18. The quantitative estimate of drug-likeness (QED) is 0.495. The second-order valence-corrected chi connectivity index (χ2v) is 10.2. The zero-order valence-corrected chi connectivity index (χ0v) is 17.6. The third kappa shape index (κ3) is 2.36. The molecule has 6 atom stereocenters. The molecule has 0 bridgehead atoms. The summed E-state index contributed by atoms with van der Waals surface area (Å²) >= 11 is 0. The number of ether oxygens (including phenoxy) is 2. The van der Waals surface area contributed by atoms with Crippen LogP contribution in [-0.2, 0) is 23.9 Å². The van der Waals surface area contributed by atoms with Gasteiger partial charge in [0, 0.05) is 36.0 Å². The Morgan fingerprint density at radius 2 is 1.97 bits per heavy atom. The molecule has 0 aromatic carbocycles. The van der Waals surface area contributed by atoms with Crippen LogP contribution in [0.1, 0.15) is 65.2 Å². The summed E-state index contributed by atoms with van der Waals surface area (Å²) in [6.07, 6.45) is 10.2. The van der Waals surface area contributed by atoms with Gasteiger partial charge in [0.2, 0.25) is 0 Å². The summed E-state index contributed by atoms with van der Waals surface area (Å²) in [5.74, 6) is -0.0877. The van der Waals surface area contributed by atoms with Crippen molar-refractivity contribution in [1.82, 2.24) is 0 Å². The largest absolute Gasteiger partial charge is 0.469 e. The van der Waals surface area contributed by atoms with Crippen LogP contribution in [0.3, 0.4) is 0 Å². The molecule has 2 saturated carbocycles. The Morgan fingerprint density at radius 3 is 2.66 bits per heavy atom. The zero-order valence-electron chi connectivity index (χ0n) is 17.6. The van der Waals surface area contributed by atoms with Gasteiger partial charge in [-0.2, -0.15) is 0 Å². The lowest BCUT2D eigenvalue weighted by atomic mass is 9.49. The molecule has 2 unspecified atom stereocenters. The number of carbonyl (C=O) groups is 3. The molecule has 0 radical (unpaired) electrons. The Labute approximate surface area is 171 Å². The fraction of sp³-hybridized carbons (Fsp3) is 0.708. The van der Waals surface area contributed by atoms with Gasteiger partial charge in [0.1, 0.15) is 11.4 Å². The summed E-state index contributed by atoms with van der Waals surface area (Å²) < 4.78 is 11.2. The third-order valence-corrected chi connectivity index (χ3v) is 9.18. The van der Waals surface area contributed by atoms with Gasteiger partial charge in [0.25, 0.3) is 0 Å². The van der Waals surface area contributed by atoms with Crippen LogP contribution >= 0.6 is 0 Å². The van der Waals surface area contributed by atoms with E-state index < -0.39 is 5.60 Å². The highest BCUT2D eigenvalue weighted by molar-refractivity contribution is 5.85. The van der Waals surface area contributed by atoms with Crippen LogP contribution in [0.5, 0.6) is 0 Å². The molecule has 0 aromatic rings. The number of ketones is 1. The minimum absolute atomic E-state index is 0.0572. The average molecular weight is 398 g/mol. The highest BCUT2D eigenvalue weighted by Gasteiger charge is 2.66. The summed E-state index contributed by atoms with van der Waals surface area (Å²) in [6.45, 7) is 4.51. The molecular formula is C24H30O5. The van der Waals surface area contributed by atoms with Gasteiger partial charge in [-0.05, 0) is 38.0 Å². The number of fused-ring (bicyclic) bond motifs is 6. The van der Waals surface area contributed by atoms with E-state index >= 15 is 0 Å². The van der Waals surface area contributed by atoms with Crippen molar-refractivity contribution in [3.63, 3.8) is 0 Å². The molecule has 5 nitrogen and oxygen atoms in total. The highest BCUT2D eigenvalue weighted by atomic mass is 16.6. The van der Waals surface area contributed by atoms with Crippen molar-refractivity contribution in [1.29, 1.82) is 0 Å². The van der Waals surface area contributed by atoms with Crippen molar-refractivity contribution in [2.75, 3.05) is 7.11 Å². The average Bonchev–Trinajstić information content (AvgIpc) is 3.22. The minimum Gasteiger partial charge on any atom is -0.469 e. The smallest absolute Gasteiger partial charge is 0.313 e. The first kappa shape index (κ1) is 19.1. The van der Waals surface area contributed by atoms with E-state index in [4.69, 9.17) is 9.47 Å². The van der Waals surface area contributed by atoms with E-state index in [-0.39, 0.29) is 46.3 Å². The number of methoxy groups -OCH3 is 1. The van der Waals surface area contributed by atoms with E-state index in [9.17, 15) is 14.4 Å². The van der Waals surface area contributed by atoms with Crippen molar-refractivity contribution in [2.45, 2.75) is 70.8 Å². The van der Waals surface area contributed by atoms with E-state index in [1.54, 1.807) is 0 Å². The number of rotatable bonds is 1. The van der Waals surface area contributed by atoms with Crippen molar-refractivity contribution >= 4 is 17.7 Å². The van der Waals surface area contributed by atoms with Crippen LogP contribution < -0.4 is 0 Å². The van der Waals surface area contributed by atoms with Crippen molar-refractivity contribution in [2.24, 2.45) is 28.6 Å². The van der Waals surface area contributed by atoms with Crippen LogP contribution in [0.2, 0.25) is 0 Å². The molecule has 3 fully saturated rings. The van der Waals surface area contributed by atoms with E-state index in [0.717, 1.165) is 37.7 Å². The maximum absolute atomic E-state index is 12.9. The molecule has 5 aliphatic rings. The van der Waals surface area contributed by atoms with Gasteiger partial charge in [-0.25, -0.2) is 0 Å². The maximum Gasteiger partial charge on any atom is 0.313 e. The molecule has 0 amide bonds. The number of esters is 2. The normalized spacial score (nSPS) is 45.7. The molecule has 156 valence electrons. The molecule has 1 heterocycles. The molecule has 1 saturated heterocycles. The topological polar surface area (TPSA) is 69.7 Å². The summed E-state index contributed by atoms with van der Waals surface area (Å²) in [4.78, 5) is 37.1. The Balaban J connectivity index is 1.63. The lowest BCUT2D eigenvalue weighted by molar-refractivity contribution is -0.162. The Hall–Kier alpha value is -1.91. The number of carbonyl (C=O) groups excluding carboxylic acids is 3. The van der Waals surface area contributed by atoms with Gasteiger partial charge in [-0.15, -0.1) is 0 Å². The summed E-state index contributed by atoms with van der Waals surface area (Å²) in [5, 5.41) is 0. The van der Waals surface area contributed by atoms with Gasteiger partial charge in [0.05, 0.1) is 13.0 Å². The minimum atomic E-state index is -0.398. The summed E-state index contributed by atoms with van der Waals surface area (Å²) in [7, 11) is 1.45. The van der Waals surface area contributed by atoms with Crippen molar-refractivity contribution in [3.05, 3.63) is 23.3 Å². The Morgan fingerprint density at radius 1 is 1.17 bits per heavy atom. The predicted molar refractivity (Wildman–Crippen MR) is 106 cm³/mol. The standard InChI is InChI=1S/C24H30O5/c1-22-8-4-15(25)12-14(22)13-16(21(27)28-3)20-17(22)5-9-23(2)18(20)6-10-24(23)11-7-19(26)29-24/h5,13,16,18,20H,4,6-12H2,1-3H3/t16-,18?,20?,22+,23+,24-/m1/s1. The molecule has 1 spiro atoms. The summed E-state index contributed by atoms with van der Waals surface area (Å²) in [5.41, 5.74) is 1.71. The first-order chi connectivity index (χ1) is 13.7. The van der Waals surface area contributed by atoms with Gasteiger partial charge >= 0.3 is 11.9 Å². The summed E-state index contributed by atoms with van der Waals surface area (Å²) in [6, 6.07) is 0. The van der Waals surface area contributed by atoms with Crippen molar-refractivity contribution < 1.29 is 23.9 Å². The predicted octanol–water partition coefficient (Wildman–Crippen LogP) is 3.91. The maximum atomic E-state index is 12.9. The molecule has 4 aliphatic carbocycles. The Bertz CT molecular complexity index is 868. The fourth-order valence-corrected chi connectivity index (χ4v) is 7.45. The van der Waals surface area contributed by atoms with Crippen LogP contribution in [0.25, 0.3) is 0 Å². The van der Waals surface area contributed by atoms with Gasteiger partial charge in [-0.1, -0.05) is 37.1 Å². The van der Waals surface area contributed by atoms with Crippen molar-refractivity contribution in [3.8, 4) is 0 Å². The number of allylic oxidation sites excluding steroid dienone is 3. The molecule has 5 rings (SSSR count). The second kappa shape index (κ2) is 6.05. The monoisotopic (exact) mass is 398 g/mol. The number of hydrogen-bond acceptors (Lipinski definition) is 5. The molecule has 0 aromatic heterocycles. The SMILES string of the molecule is COC(=O)[C@@H]1C=C2CC(=O)CC[C@]2(C)C2=CC[C@@]3(C)C(CC[C@@]34CCC(=O)O4)C21. The van der Waals surface area contributed by atoms with E-state index in [0.29, 0.717) is 19.3 Å². The zero-order chi connectivity index (χ0) is 20.6. The lowest BCUT2D eigenvalue weighted by Gasteiger charge is -2.55. The lowest BCUT2D eigenvalue weighted by Crippen LogP contribution is -2.53. The molecule has 0 N–H and O–H groups in total. The van der Waals surface area contributed by atoms with Crippen LogP contribution in [0, 0.1) is 28.6 Å². The first-order valence-electron chi connectivity index (χ1n) is 11.0. The first-order valence-corrected chi connectivity index (χ1v) is 11.0. The van der Waals surface area contributed by atoms with E-state index in [1.165, 1.54) is 12.7 Å². The van der Waals surface area contributed by atoms with Crippen LogP contribution in [0.15, 0.2) is 23.3 Å².